The highest BCUT2D eigenvalue weighted by Gasteiger charge is 2.18. The molecule has 1 unspecified atom stereocenters. The summed E-state index contributed by atoms with van der Waals surface area (Å²) in [7, 11) is 1.37. The molecular weight excluding hydrogens is 272 g/mol. The molecule has 0 spiro atoms. The molecule has 5 heteroatoms. The van der Waals surface area contributed by atoms with Crippen LogP contribution in [0.3, 0.4) is 0 Å². The van der Waals surface area contributed by atoms with E-state index < -0.39 is 0 Å². The highest BCUT2D eigenvalue weighted by Crippen LogP contribution is 2.19. The first kappa shape index (κ1) is 19.9. The maximum atomic E-state index is 11.7. The minimum atomic E-state index is -0.266. The third kappa shape index (κ3) is 12.4. The number of unbranched alkanes of at least 4 members (excludes halogenated alkanes) is 3. The van der Waals surface area contributed by atoms with Crippen molar-refractivity contribution < 1.29 is 23.8 Å². The molecule has 0 bridgehead atoms. The van der Waals surface area contributed by atoms with Crippen molar-refractivity contribution in [3.05, 3.63) is 0 Å². The molecular formula is C16H30O5. The molecule has 0 rings (SSSR count). The molecule has 0 aliphatic heterocycles. The molecule has 0 N–H and O–H groups in total. The molecule has 0 saturated carbocycles. The standard InChI is InChI=1S/C16H30O5/c1-4-6-7-8-9-14(12-15(17)19-3)13-16(18)21-11-10-20-5-2/h14H,4-13H2,1-3H3. The van der Waals surface area contributed by atoms with Gasteiger partial charge in [-0.25, -0.2) is 0 Å². The highest BCUT2D eigenvalue weighted by molar-refractivity contribution is 5.73. The Bertz CT molecular complexity index is 278. The van der Waals surface area contributed by atoms with E-state index >= 15 is 0 Å². The monoisotopic (exact) mass is 302 g/mol. The van der Waals surface area contributed by atoms with Gasteiger partial charge in [-0.1, -0.05) is 32.6 Å². The zero-order valence-corrected chi connectivity index (χ0v) is 13.7. The Morgan fingerprint density at radius 2 is 1.67 bits per heavy atom. The third-order valence-electron chi connectivity index (χ3n) is 3.30. The van der Waals surface area contributed by atoms with Crippen LogP contribution in [0.25, 0.3) is 0 Å². The first-order chi connectivity index (χ1) is 10.1. The van der Waals surface area contributed by atoms with Crippen molar-refractivity contribution in [2.24, 2.45) is 5.92 Å². The molecule has 0 aromatic heterocycles. The predicted molar refractivity (Wildman–Crippen MR) is 81.0 cm³/mol. The fourth-order valence-corrected chi connectivity index (χ4v) is 2.11. The van der Waals surface area contributed by atoms with E-state index in [2.05, 4.69) is 6.92 Å². The molecule has 0 saturated heterocycles. The van der Waals surface area contributed by atoms with Gasteiger partial charge in [0.05, 0.1) is 13.7 Å². The Labute approximate surface area is 128 Å². The number of hydrogen-bond donors (Lipinski definition) is 0. The van der Waals surface area contributed by atoms with Gasteiger partial charge in [0, 0.05) is 19.4 Å². The summed E-state index contributed by atoms with van der Waals surface area (Å²) >= 11 is 0. The minimum absolute atomic E-state index is 0.00824. The molecule has 0 fully saturated rings. The van der Waals surface area contributed by atoms with Crippen LogP contribution in [0.1, 0.15) is 58.8 Å². The zero-order valence-electron chi connectivity index (χ0n) is 13.7. The molecule has 0 aromatic carbocycles. The Balaban J connectivity index is 4.05. The quantitative estimate of drug-likeness (QED) is 0.386. The van der Waals surface area contributed by atoms with Crippen molar-refractivity contribution in [1.82, 2.24) is 0 Å². The third-order valence-corrected chi connectivity index (χ3v) is 3.30. The zero-order chi connectivity index (χ0) is 15.9. The number of esters is 2. The van der Waals surface area contributed by atoms with E-state index in [1.165, 1.54) is 20.0 Å². The van der Waals surface area contributed by atoms with E-state index in [1.54, 1.807) is 0 Å². The number of rotatable bonds is 13. The van der Waals surface area contributed by atoms with Crippen LogP contribution in [-0.2, 0) is 23.8 Å². The summed E-state index contributed by atoms with van der Waals surface area (Å²) in [5.41, 5.74) is 0. The topological polar surface area (TPSA) is 61.8 Å². The van der Waals surface area contributed by atoms with Crippen molar-refractivity contribution in [3.63, 3.8) is 0 Å². The van der Waals surface area contributed by atoms with Gasteiger partial charge in [0.15, 0.2) is 0 Å². The molecule has 0 aliphatic carbocycles. The largest absolute Gasteiger partial charge is 0.469 e. The lowest BCUT2D eigenvalue weighted by molar-refractivity contribution is -0.147. The Kier molecular flexibility index (Phi) is 13.1. The highest BCUT2D eigenvalue weighted by atomic mass is 16.6. The van der Waals surface area contributed by atoms with Gasteiger partial charge in [-0.15, -0.1) is 0 Å². The van der Waals surface area contributed by atoms with Gasteiger partial charge in [0.25, 0.3) is 0 Å². The van der Waals surface area contributed by atoms with Crippen LogP contribution in [0.15, 0.2) is 0 Å². The summed E-state index contributed by atoms with van der Waals surface area (Å²) in [6, 6.07) is 0. The lowest BCUT2D eigenvalue weighted by atomic mass is 9.94. The maximum Gasteiger partial charge on any atom is 0.306 e. The smallest absolute Gasteiger partial charge is 0.306 e. The van der Waals surface area contributed by atoms with Gasteiger partial charge in [-0.3, -0.25) is 9.59 Å². The van der Waals surface area contributed by atoms with Crippen molar-refractivity contribution in [1.29, 1.82) is 0 Å². The van der Waals surface area contributed by atoms with E-state index in [-0.39, 0.29) is 37.3 Å². The van der Waals surface area contributed by atoms with Gasteiger partial charge in [0.1, 0.15) is 6.61 Å². The summed E-state index contributed by atoms with van der Waals surface area (Å²) in [5, 5.41) is 0. The molecule has 0 aromatic rings. The van der Waals surface area contributed by atoms with Crippen LogP contribution >= 0.6 is 0 Å². The summed E-state index contributed by atoms with van der Waals surface area (Å²) in [5.74, 6) is -0.523. The van der Waals surface area contributed by atoms with Crippen molar-refractivity contribution >= 4 is 11.9 Å². The number of ether oxygens (including phenoxy) is 3. The Morgan fingerprint density at radius 3 is 2.29 bits per heavy atom. The van der Waals surface area contributed by atoms with Crippen LogP contribution in [0.2, 0.25) is 0 Å². The Hall–Kier alpha value is -1.10. The average molecular weight is 302 g/mol. The van der Waals surface area contributed by atoms with Gasteiger partial charge in [-0.2, -0.15) is 0 Å². The summed E-state index contributed by atoms with van der Waals surface area (Å²) in [4.78, 5) is 23.1. The van der Waals surface area contributed by atoms with Crippen LogP contribution in [0, 0.1) is 5.92 Å². The van der Waals surface area contributed by atoms with Gasteiger partial charge < -0.3 is 14.2 Å². The number of carbonyl (C=O) groups excluding carboxylic acids is 2. The normalized spacial score (nSPS) is 12.0. The average Bonchev–Trinajstić information content (AvgIpc) is 2.47. The van der Waals surface area contributed by atoms with Crippen LogP contribution in [0.5, 0.6) is 0 Å². The van der Waals surface area contributed by atoms with Gasteiger partial charge in [-0.05, 0) is 19.3 Å². The van der Waals surface area contributed by atoms with E-state index in [9.17, 15) is 9.59 Å². The van der Waals surface area contributed by atoms with Crippen molar-refractivity contribution in [2.45, 2.75) is 58.8 Å². The molecule has 0 heterocycles. The molecule has 0 amide bonds. The SMILES string of the molecule is CCCCCCC(CC(=O)OC)CC(=O)OCCOCC. The fraction of sp³-hybridized carbons (Fsp3) is 0.875. The number of methoxy groups -OCH3 is 1. The lowest BCUT2D eigenvalue weighted by Gasteiger charge is -2.15. The molecule has 5 nitrogen and oxygen atoms in total. The van der Waals surface area contributed by atoms with Crippen LogP contribution in [0.4, 0.5) is 0 Å². The molecule has 1 atom stereocenters. The fourth-order valence-electron chi connectivity index (χ4n) is 2.11. The van der Waals surface area contributed by atoms with Crippen LogP contribution < -0.4 is 0 Å². The summed E-state index contributed by atoms with van der Waals surface area (Å²) in [6.45, 7) is 5.35. The van der Waals surface area contributed by atoms with Gasteiger partial charge >= 0.3 is 11.9 Å². The first-order valence-electron chi connectivity index (χ1n) is 7.94. The maximum absolute atomic E-state index is 11.7. The summed E-state index contributed by atoms with van der Waals surface area (Å²) < 4.78 is 14.9. The van der Waals surface area contributed by atoms with E-state index in [4.69, 9.17) is 14.2 Å². The number of carbonyl (C=O) groups is 2. The lowest BCUT2D eigenvalue weighted by Crippen LogP contribution is -2.17. The van der Waals surface area contributed by atoms with E-state index in [0.717, 1.165) is 19.3 Å². The second-order valence-electron chi connectivity index (χ2n) is 5.12. The second kappa shape index (κ2) is 13.9. The Morgan fingerprint density at radius 1 is 0.952 bits per heavy atom. The van der Waals surface area contributed by atoms with E-state index in [0.29, 0.717) is 13.2 Å². The van der Waals surface area contributed by atoms with Gasteiger partial charge in [0.2, 0.25) is 0 Å². The number of hydrogen-bond acceptors (Lipinski definition) is 5. The second-order valence-corrected chi connectivity index (χ2v) is 5.12. The molecule has 0 radical (unpaired) electrons. The van der Waals surface area contributed by atoms with E-state index in [1.807, 2.05) is 6.92 Å². The summed E-state index contributed by atoms with van der Waals surface area (Å²) in [6.07, 6.45) is 5.92. The van der Waals surface area contributed by atoms with Crippen molar-refractivity contribution in [2.75, 3.05) is 26.9 Å². The van der Waals surface area contributed by atoms with Crippen LogP contribution in [-0.4, -0.2) is 38.9 Å². The predicted octanol–water partition coefficient (Wildman–Crippen LogP) is 3.11. The molecule has 21 heavy (non-hydrogen) atoms. The van der Waals surface area contributed by atoms with Crippen molar-refractivity contribution in [3.8, 4) is 0 Å². The minimum Gasteiger partial charge on any atom is -0.469 e. The molecule has 0 aliphatic rings. The molecule has 124 valence electrons. The first-order valence-corrected chi connectivity index (χ1v) is 7.94.